The van der Waals surface area contributed by atoms with Crippen LogP contribution in [0.3, 0.4) is 0 Å². The van der Waals surface area contributed by atoms with E-state index in [0.29, 0.717) is 5.91 Å². The van der Waals surface area contributed by atoms with Gasteiger partial charge in [0.2, 0.25) is 5.91 Å². The van der Waals surface area contributed by atoms with Crippen LogP contribution < -0.4 is 5.32 Å². The van der Waals surface area contributed by atoms with Crippen molar-refractivity contribution in [2.24, 2.45) is 23.2 Å². The number of hydrogen-bond acceptors (Lipinski definition) is 1. The van der Waals surface area contributed by atoms with E-state index in [0.717, 1.165) is 56.5 Å². The van der Waals surface area contributed by atoms with Crippen molar-refractivity contribution < 1.29 is 4.79 Å². The molecular weight excluding hydrogens is 320 g/mol. The predicted octanol–water partition coefficient (Wildman–Crippen LogP) is 4.67. The zero-order valence-electron chi connectivity index (χ0n) is 15.8. The molecule has 3 nitrogen and oxygen atoms in total. The van der Waals surface area contributed by atoms with E-state index in [9.17, 15) is 4.79 Å². The number of amides is 1. The normalized spacial score (nSPS) is 32.3. The van der Waals surface area contributed by atoms with Gasteiger partial charge in [0.25, 0.3) is 0 Å². The number of aryl methyl sites for hydroxylation is 2. The highest BCUT2D eigenvalue weighted by molar-refractivity contribution is 5.83. The Morgan fingerprint density at radius 2 is 1.77 bits per heavy atom. The molecule has 1 amide bonds. The first kappa shape index (κ1) is 16.4. The smallest absolute Gasteiger partial charge is 0.226 e. The monoisotopic (exact) mass is 350 g/mol. The van der Waals surface area contributed by atoms with Gasteiger partial charge in [0.15, 0.2) is 0 Å². The molecule has 0 unspecified atom stereocenters. The maximum absolute atomic E-state index is 13.0. The number of fused-ring (bicyclic) bond motifs is 1. The first-order valence-electron chi connectivity index (χ1n) is 10.5. The Kier molecular flexibility index (Phi) is 3.88. The molecule has 4 bridgehead atoms. The number of carbonyl (C=O) groups is 1. The van der Waals surface area contributed by atoms with Gasteiger partial charge in [-0.3, -0.25) is 4.79 Å². The fraction of sp³-hybridized carbons (Fsp3) is 0.609. The molecule has 0 saturated heterocycles. The van der Waals surface area contributed by atoms with Crippen molar-refractivity contribution in [1.29, 1.82) is 0 Å². The molecule has 0 aliphatic heterocycles. The van der Waals surface area contributed by atoms with Crippen molar-refractivity contribution in [3.8, 4) is 0 Å². The molecule has 6 rings (SSSR count). The second-order valence-corrected chi connectivity index (χ2v) is 9.30. The number of rotatable bonds is 5. The zero-order chi connectivity index (χ0) is 17.7. The maximum atomic E-state index is 13.0. The standard InChI is InChI=1S/C23H30N2O/c1-16-9-20-5-2-3-6-21(20)25(16)8-4-7-24-22(26)23-13-17-10-18(14-23)12-19(11-17)15-23/h2-3,5-6,9,17-19H,4,7-8,10-15H2,1H3,(H,24,26). The van der Waals surface area contributed by atoms with Crippen LogP contribution in [0.2, 0.25) is 0 Å². The first-order valence-corrected chi connectivity index (χ1v) is 10.5. The van der Waals surface area contributed by atoms with E-state index in [1.807, 2.05) is 0 Å². The lowest BCUT2D eigenvalue weighted by molar-refractivity contribution is -0.146. The molecule has 4 aliphatic rings. The number of hydrogen-bond donors (Lipinski definition) is 1. The van der Waals surface area contributed by atoms with Crippen molar-refractivity contribution in [3.05, 3.63) is 36.0 Å². The van der Waals surface area contributed by atoms with Crippen LogP contribution in [0.25, 0.3) is 10.9 Å². The predicted molar refractivity (Wildman–Crippen MR) is 105 cm³/mol. The molecule has 1 aromatic carbocycles. The Morgan fingerprint density at radius 3 is 2.46 bits per heavy atom. The van der Waals surface area contributed by atoms with Crippen LogP contribution in [0, 0.1) is 30.1 Å². The molecule has 0 spiro atoms. The van der Waals surface area contributed by atoms with E-state index in [1.54, 1.807) is 0 Å². The van der Waals surface area contributed by atoms with Crippen LogP contribution in [0.15, 0.2) is 30.3 Å². The zero-order valence-corrected chi connectivity index (χ0v) is 15.8. The third-order valence-corrected chi connectivity index (χ3v) is 7.38. The molecule has 1 N–H and O–H groups in total. The number of nitrogens with zero attached hydrogens (tertiary/aromatic N) is 1. The molecule has 3 heteroatoms. The summed E-state index contributed by atoms with van der Waals surface area (Å²) in [5, 5.41) is 4.63. The fourth-order valence-electron chi connectivity index (χ4n) is 6.66. The van der Waals surface area contributed by atoms with Gasteiger partial charge in [0, 0.05) is 29.7 Å². The quantitative estimate of drug-likeness (QED) is 0.781. The Balaban J connectivity index is 1.19. The highest BCUT2D eigenvalue weighted by Crippen LogP contribution is 2.60. The fourth-order valence-corrected chi connectivity index (χ4v) is 6.66. The molecule has 4 fully saturated rings. The van der Waals surface area contributed by atoms with Gasteiger partial charge in [0.1, 0.15) is 0 Å². The Bertz CT molecular complexity index is 799. The highest BCUT2D eigenvalue weighted by Gasteiger charge is 2.54. The topological polar surface area (TPSA) is 34.0 Å². The van der Waals surface area contributed by atoms with Crippen molar-refractivity contribution >= 4 is 16.8 Å². The van der Waals surface area contributed by atoms with Gasteiger partial charge in [-0.15, -0.1) is 0 Å². The van der Waals surface area contributed by atoms with Crippen LogP contribution in [-0.2, 0) is 11.3 Å². The van der Waals surface area contributed by atoms with Crippen LogP contribution in [-0.4, -0.2) is 17.0 Å². The summed E-state index contributed by atoms with van der Waals surface area (Å²) in [7, 11) is 0. The summed E-state index contributed by atoms with van der Waals surface area (Å²) in [6.07, 6.45) is 8.66. The minimum atomic E-state index is -0.00911. The average molecular weight is 351 g/mol. The largest absolute Gasteiger partial charge is 0.356 e. The molecule has 1 aromatic heterocycles. The lowest BCUT2D eigenvalue weighted by atomic mass is 9.49. The Labute approximate surface area is 156 Å². The first-order chi connectivity index (χ1) is 12.6. The summed E-state index contributed by atoms with van der Waals surface area (Å²) >= 11 is 0. The van der Waals surface area contributed by atoms with Crippen LogP contribution in [0.1, 0.15) is 50.6 Å². The lowest BCUT2D eigenvalue weighted by Crippen LogP contribution is -2.53. The minimum Gasteiger partial charge on any atom is -0.356 e. The molecule has 1 heterocycles. The Morgan fingerprint density at radius 1 is 1.12 bits per heavy atom. The highest BCUT2D eigenvalue weighted by atomic mass is 16.2. The SMILES string of the molecule is Cc1cc2ccccc2n1CCCNC(=O)C12CC3CC(CC(C3)C1)C2. The number of aromatic nitrogens is 1. The van der Waals surface area contributed by atoms with Crippen molar-refractivity contribution in [3.63, 3.8) is 0 Å². The van der Waals surface area contributed by atoms with Crippen molar-refractivity contribution in [1.82, 2.24) is 9.88 Å². The average Bonchev–Trinajstić information content (AvgIpc) is 2.92. The van der Waals surface area contributed by atoms with Gasteiger partial charge in [-0.1, -0.05) is 18.2 Å². The number of benzene rings is 1. The molecule has 4 aliphatic carbocycles. The summed E-state index contributed by atoms with van der Waals surface area (Å²) in [6, 6.07) is 10.8. The van der Waals surface area contributed by atoms with Crippen LogP contribution in [0.5, 0.6) is 0 Å². The van der Waals surface area contributed by atoms with Gasteiger partial charge in [-0.05, 0) is 87.1 Å². The summed E-state index contributed by atoms with van der Waals surface area (Å²) in [6.45, 7) is 3.95. The van der Waals surface area contributed by atoms with E-state index in [2.05, 4.69) is 47.1 Å². The van der Waals surface area contributed by atoms with Crippen molar-refractivity contribution in [2.75, 3.05) is 6.54 Å². The molecule has 2 aromatic rings. The minimum absolute atomic E-state index is 0.00911. The summed E-state index contributed by atoms with van der Waals surface area (Å²) in [5.74, 6) is 2.87. The van der Waals surface area contributed by atoms with Gasteiger partial charge in [-0.2, -0.15) is 0 Å². The third kappa shape index (κ3) is 2.67. The molecule has 26 heavy (non-hydrogen) atoms. The van der Waals surface area contributed by atoms with E-state index in [-0.39, 0.29) is 5.41 Å². The van der Waals surface area contributed by atoms with Crippen LogP contribution >= 0.6 is 0 Å². The molecule has 0 radical (unpaired) electrons. The summed E-state index contributed by atoms with van der Waals surface area (Å²) in [5.41, 5.74) is 2.60. The van der Waals surface area contributed by atoms with E-state index >= 15 is 0 Å². The lowest BCUT2D eigenvalue weighted by Gasteiger charge is -2.55. The molecule has 4 saturated carbocycles. The van der Waals surface area contributed by atoms with Gasteiger partial charge in [0.05, 0.1) is 0 Å². The van der Waals surface area contributed by atoms with Crippen LogP contribution in [0.4, 0.5) is 0 Å². The van der Waals surface area contributed by atoms with E-state index in [1.165, 1.54) is 35.9 Å². The summed E-state index contributed by atoms with van der Waals surface area (Å²) in [4.78, 5) is 13.0. The molecular formula is C23H30N2O. The number of para-hydroxylation sites is 1. The summed E-state index contributed by atoms with van der Waals surface area (Å²) < 4.78 is 2.38. The molecule has 138 valence electrons. The number of nitrogens with one attached hydrogen (secondary N) is 1. The van der Waals surface area contributed by atoms with Gasteiger partial charge >= 0.3 is 0 Å². The van der Waals surface area contributed by atoms with E-state index < -0.39 is 0 Å². The van der Waals surface area contributed by atoms with Crippen molar-refractivity contribution in [2.45, 2.75) is 58.4 Å². The van der Waals surface area contributed by atoms with E-state index in [4.69, 9.17) is 0 Å². The second kappa shape index (κ2) is 6.14. The maximum Gasteiger partial charge on any atom is 0.226 e. The third-order valence-electron chi connectivity index (χ3n) is 7.38. The van der Waals surface area contributed by atoms with Gasteiger partial charge in [-0.25, -0.2) is 0 Å². The molecule has 0 atom stereocenters. The van der Waals surface area contributed by atoms with Gasteiger partial charge < -0.3 is 9.88 Å². The Hall–Kier alpha value is -1.77. The second-order valence-electron chi connectivity index (χ2n) is 9.30. The number of carbonyl (C=O) groups excluding carboxylic acids is 1.